The number of carbonyl (C=O) groups excluding carboxylic acids is 4. The highest BCUT2D eigenvalue weighted by atomic mass is 35.5. The molecule has 17 heteroatoms. The highest BCUT2D eigenvalue weighted by Crippen LogP contribution is 2.38. The molecule has 4 aliphatic heterocycles. The van der Waals surface area contributed by atoms with Crippen LogP contribution in [0, 0.1) is 5.82 Å². The van der Waals surface area contributed by atoms with Gasteiger partial charge in [0.25, 0.3) is 5.91 Å². The average Bonchev–Trinajstić information content (AvgIpc) is 3.86. The first-order valence-corrected chi connectivity index (χ1v) is 21.8. The van der Waals surface area contributed by atoms with Crippen LogP contribution in [-0.4, -0.2) is 97.9 Å². The molecule has 0 spiro atoms. The molecule has 3 saturated heterocycles. The molecule has 4 aromatic rings. The van der Waals surface area contributed by atoms with E-state index in [9.17, 15) is 23.6 Å². The quantitative estimate of drug-likeness (QED) is 0.0658. The predicted molar refractivity (Wildman–Crippen MR) is 230 cm³/mol. The molecule has 4 amide bonds. The van der Waals surface area contributed by atoms with Gasteiger partial charge in [0.1, 0.15) is 18.0 Å². The summed E-state index contributed by atoms with van der Waals surface area (Å²) >= 11 is 12.5. The number of pyridine rings is 1. The van der Waals surface area contributed by atoms with E-state index in [0.717, 1.165) is 80.5 Å². The zero-order valence-electron chi connectivity index (χ0n) is 34.0. The fraction of sp³-hybridized carbons (Fsp3) is 0.455. The minimum Gasteiger partial charge on any atom is -0.482 e. The van der Waals surface area contributed by atoms with Gasteiger partial charge in [-0.15, -0.1) is 0 Å². The maximum Gasteiger partial charge on any atom is 0.255 e. The Hall–Kier alpha value is -5.25. The van der Waals surface area contributed by atoms with Gasteiger partial charge in [0.05, 0.1) is 23.3 Å². The monoisotopic (exact) mass is 873 g/mol. The van der Waals surface area contributed by atoms with Crippen LogP contribution in [0.5, 0.6) is 5.75 Å². The maximum atomic E-state index is 14.2. The summed E-state index contributed by atoms with van der Waals surface area (Å²) in [5.41, 5.74) is 10.5. The lowest BCUT2D eigenvalue weighted by atomic mass is 10.0. The van der Waals surface area contributed by atoms with E-state index in [2.05, 4.69) is 25.6 Å². The van der Waals surface area contributed by atoms with Gasteiger partial charge in [0.15, 0.2) is 11.6 Å². The fourth-order valence-electron chi connectivity index (χ4n) is 8.85. The van der Waals surface area contributed by atoms with Gasteiger partial charge in [-0.25, -0.2) is 9.37 Å². The first-order chi connectivity index (χ1) is 29.4. The van der Waals surface area contributed by atoms with Crippen LogP contribution < -0.4 is 21.1 Å². The van der Waals surface area contributed by atoms with E-state index in [1.807, 2.05) is 27.9 Å². The number of hydrogen-bond acceptors (Lipinski definition) is 10. The summed E-state index contributed by atoms with van der Waals surface area (Å²) in [6.07, 6.45) is 11.5. The number of piperidine rings is 2. The third-order valence-corrected chi connectivity index (χ3v) is 13.0. The molecule has 2 aromatic carbocycles. The standard InChI is InChI=1S/C44H50Cl2FN9O5/c1-26(40-33(45)10-11-34(47)41(40)46)61-37-19-27(20-49-42(37)48)28-21-50-56(22-28)30-14-17-54(18-15-30)39(58)9-4-2-3-5-16-53-23-29(24-53)51-35-8-6-7-31-32(35)25-55(44(31)60)36-12-13-38(57)52-43(36)59/h6-8,10-11,19-22,26,29-30,36,51H,2-5,9,12-18,23-25H2,1H3,(H2,48,49)(H,52,57,59)/t26-,36?/m1/s1. The number of amides is 4. The van der Waals surface area contributed by atoms with E-state index in [1.54, 1.807) is 36.4 Å². The van der Waals surface area contributed by atoms with Gasteiger partial charge >= 0.3 is 0 Å². The lowest BCUT2D eigenvalue weighted by molar-refractivity contribution is -0.137. The van der Waals surface area contributed by atoms with Crippen molar-refractivity contribution in [2.45, 2.75) is 95.5 Å². The Bertz CT molecular complexity index is 2310. The number of fused-ring (bicyclic) bond motifs is 1. The van der Waals surface area contributed by atoms with Gasteiger partial charge in [-0.1, -0.05) is 42.1 Å². The molecule has 6 heterocycles. The number of imide groups is 1. The molecule has 4 N–H and O–H groups in total. The van der Waals surface area contributed by atoms with Crippen molar-refractivity contribution in [2.24, 2.45) is 0 Å². The number of rotatable bonds is 15. The van der Waals surface area contributed by atoms with E-state index in [4.69, 9.17) is 33.7 Å². The van der Waals surface area contributed by atoms with E-state index in [0.29, 0.717) is 49.4 Å². The van der Waals surface area contributed by atoms with E-state index >= 15 is 0 Å². The van der Waals surface area contributed by atoms with Crippen LogP contribution in [-0.2, 0) is 20.9 Å². The van der Waals surface area contributed by atoms with Crippen LogP contribution in [0.3, 0.4) is 0 Å². The summed E-state index contributed by atoms with van der Waals surface area (Å²) in [5.74, 6) is -0.748. The number of aromatic nitrogens is 3. The van der Waals surface area contributed by atoms with Crippen molar-refractivity contribution >= 4 is 58.3 Å². The lowest BCUT2D eigenvalue weighted by Gasteiger charge is -2.40. The van der Waals surface area contributed by atoms with Crippen molar-refractivity contribution in [2.75, 3.05) is 43.8 Å². The molecule has 0 radical (unpaired) electrons. The van der Waals surface area contributed by atoms with Crippen molar-refractivity contribution in [1.29, 1.82) is 0 Å². The molecular formula is C44H50Cl2FN9O5. The molecule has 0 saturated carbocycles. The molecule has 1 unspecified atom stereocenters. The van der Waals surface area contributed by atoms with Crippen LogP contribution in [0.25, 0.3) is 11.1 Å². The molecule has 3 fully saturated rings. The maximum absolute atomic E-state index is 14.2. The molecule has 2 aromatic heterocycles. The second kappa shape index (κ2) is 18.4. The van der Waals surface area contributed by atoms with E-state index in [1.165, 1.54) is 12.1 Å². The van der Waals surface area contributed by atoms with Crippen molar-refractivity contribution in [3.8, 4) is 16.9 Å². The third-order valence-electron chi connectivity index (χ3n) is 12.3. The largest absolute Gasteiger partial charge is 0.482 e. The van der Waals surface area contributed by atoms with E-state index < -0.39 is 23.9 Å². The molecule has 0 aliphatic carbocycles. The summed E-state index contributed by atoms with van der Waals surface area (Å²) in [7, 11) is 0. The van der Waals surface area contributed by atoms with Crippen molar-refractivity contribution in [1.82, 2.24) is 34.8 Å². The first kappa shape index (κ1) is 42.4. The number of hydrogen-bond donors (Lipinski definition) is 3. The van der Waals surface area contributed by atoms with Crippen molar-refractivity contribution in [3.63, 3.8) is 0 Å². The Balaban J connectivity index is 0.717. The first-order valence-electron chi connectivity index (χ1n) is 21.1. The fourth-order valence-corrected chi connectivity index (χ4v) is 9.52. The molecule has 2 atom stereocenters. The Morgan fingerprint density at radius 1 is 1.03 bits per heavy atom. The number of nitrogens with one attached hydrogen (secondary N) is 2. The number of ether oxygens (including phenoxy) is 1. The summed E-state index contributed by atoms with van der Waals surface area (Å²) in [5, 5.41) is 10.8. The Morgan fingerprint density at radius 3 is 2.61 bits per heavy atom. The van der Waals surface area contributed by atoms with E-state index in [-0.39, 0.29) is 52.1 Å². The number of carbonyl (C=O) groups is 4. The lowest BCUT2D eigenvalue weighted by Crippen LogP contribution is -2.54. The zero-order chi connectivity index (χ0) is 42.8. The van der Waals surface area contributed by atoms with Crippen LogP contribution in [0.1, 0.15) is 98.3 Å². The zero-order valence-corrected chi connectivity index (χ0v) is 35.6. The number of unbranched alkanes of at least 4 members (excludes halogenated alkanes) is 3. The van der Waals surface area contributed by atoms with Crippen LogP contribution >= 0.6 is 23.2 Å². The average molecular weight is 875 g/mol. The minimum absolute atomic E-state index is 0.102. The molecule has 14 nitrogen and oxygen atoms in total. The van der Waals surface area contributed by atoms with Gasteiger partial charge in [-0.2, -0.15) is 5.10 Å². The SMILES string of the molecule is C[C@@H](Oc1cc(-c2cnn(C3CCN(C(=O)CCCCCCN4CC(Nc5cccc6c5CN(C5CCC(=O)NC5=O)C6=O)C4)CC3)c2)cnc1N)c1c(Cl)ccc(F)c1Cl. The number of likely N-dealkylation sites (tertiary alicyclic amines) is 2. The smallest absolute Gasteiger partial charge is 0.255 e. The predicted octanol–water partition coefficient (Wildman–Crippen LogP) is 6.78. The van der Waals surface area contributed by atoms with Crippen LogP contribution in [0.2, 0.25) is 10.0 Å². The highest BCUT2D eigenvalue weighted by molar-refractivity contribution is 6.36. The van der Waals surface area contributed by atoms with Gasteiger partial charge < -0.3 is 25.6 Å². The van der Waals surface area contributed by atoms with Gasteiger partial charge in [-0.05, 0) is 75.9 Å². The molecule has 0 bridgehead atoms. The second-order valence-corrected chi connectivity index (χ2v) is 17.2. The third kappa shape index (κ3) is 9.33. The van der Waals surface area contributed by atoms with Crippen LogP contribution in [0.4, 0.5) is 15.9 Å². The molecule has 322 valence electrons. The van der Waals surface area contributed by atoms with Crippen molar-refractivity contribution in [3.05, 3.63) is 87.5 Å². The van der Waals surface area contributed by atoms with Gasteiger partial charge in [0, 0.05) is 96.5 Å². The van der Waals surface area contributed by atoms with Crippen molar-refractivity contribution < 1.29 is 28.3 Å². The molecule has 4 aliphatic rings. The van der Waals surface area contributed by atoms with Gasteiger partial charge in [-0.3, -0.25) is 34.1 Å². The molecular weight excluding hydrogens is 824 g/mol. The Labute approximate surface area is 363 Å². The number of nitrogens with two attached hydrogens (primary N) is 1. The number of nitrogens with zero attached hydrogens (tertiary/aromatic N) is 6. The highest BCUT2D eigenvalue weighted by Gasteiger charge is 2.40. The number of nitrogen functional groups attached to an aromatic ring is 1. The second-order valence-electron chi connectivity index (χ2n) is 16.4. The Morgan fingerprint density at radius 2 is 1.82 bits per heavy atom. The normalized spacial score (nSPS) is 19.1. The van der Waals surface area contributed by atoms with Crippen LogP contribution in [0.15, 0.2) is 55.0 Å². The summed E-state index contributed by atoms with van der Waals surface area (Å²) < 4.78 is 22.2. The summed E-state index contributed by atoms with van der Waals surface area (Å²) in [6.45, 7) is 6.29. The summed E-state index contributed by atoms with van der Waals surface area (Å²) in [6, 6.07) is 9.90. The molecule has 61 heavy (non-hydrogen) atoms. The minimum atomic E-state index is -0.691. The van der Waals surface area contributed by atoms with Gasteiger partial charge in [0.2, 0.25) is 17.7 Å². The molecule has 8 rings (SSSR count). The summed E-state index contributed by atoms with van der Waals surface area (Å²) in [4.78, 5) is 60.6. The number of benzene rings is 2. The topological polar surface area (TPSA) is 168 Å². The Kier molecular flexibility index (Phi) is 12.8. The number of anilines is 2. The number of halogens is 3.